The normalized spacial score (nSPS) is 19.8. The third kappa shape index (κ3) is 2.98. The lowest BCUT2D eigenvalue weighted by molar-refractivity contribution is 0.0542. The van der Waals surface area contributed by atoms with Crippen molar-refractivity contribution in [1.82, 2.24) is 4.90 Å². The van der Waals surface area contributed by atoms with E-state index in [4.69, 9.17) is 0 Å². The molecule has 2 aliphatic rings. The fourth-order valence-electron chi connectivity index (χ4n) is 3.66. The molecule has 4 nitrogen and oxygen atoms in total. The van der Waals surface area contributed by atoms with Crippen LogP contribution in [0.3, 0.4) is 0 Å². The van der Waals surface area contributed by atoms with Crippen LogP contribution in [0, 0.1) is 5.41 Å². The number of hydrogen-bond donors (Lipinski definition) is 2. The Morgan fingerprint density at radius 2 is 2.00 bits per heavy atom. The van der Waals surface area contributed by atoms with Crippen molar-refractivity contribution in [2.45, 2.75) is 45.4 Å². The third-order valence-corrected chi connectivity index (χ3v) is 5.55. The first-order valence-electron chi connectivity index (χ1n) is 8.44. The van der Waals surface area contributed by atoms with E-state index in [1.807, 2.05) is 11.0 Å². The number of anilines is 1. The zero-order chi connectivity index (χ0) is 15.6. The quantitative estimate of drug-likeness (QED) is 0.901. The largest absolute Gasteiger partial charge is 0.396 e. The van der Waals surface area contributed by atoms with Crippen molar-refractivity contribution in [3.63, 3.8) is 0 Å². The third-order valence-electron chi connectivity index (χ3n) is 5.55. The van der Waals surface area contributed by atoms with Crippen LogP contribution in [0.15, 0.2) is 18.2 Å². The van der Waals surface area contributed by atoms with Crippen molar-refractivity contribution in [1.29, 1.82) is 0 Å². The van der Waals surface area contributed by atoms with Crippen LogP contribution in [0.1, 0.15) is 43.7 Å². The van der Waals surface area contributed by atoms with E-state index in [1.54, 1.807) is 0 Å². The van der Waals surface area contributed by atoms with Gasteiger partial charge in [0.15, 0.2) is 0 Å². The van der Waals surface area contributed by atoms with Gasteiger partial charge >= 0.3 is 6.03 Å². The van der Waals surface area contributed by atoms with Crippen molar-refractivity contribution >= 4 is 11.7 Å². The second-order valence-electron chi connectivity index (χ2n) is 6.77. The molecule has 1 fully saturated rings. The SMILES string of the molecule is CCC1(CO)CCN(C(=O)Nc2ccc3c(c2)CCC3)CC1. The number of carbonyl (C=O) groups is 1. The summed E-state index contributed by atoms with van der Waals surface area (Å²) in [5.41, 5.74) is 3.72. The number of benzene rings is 1. The summed E-state index contributed by atoms with van der Waals surface area (Å²) in [6.45, 7) is 3.80. The van der Waals surface area contributed by atoms with E-state index in [-0.39, 0.29) is 18.1 Å². The van der Waals surface area contributed by atoms with Crippen molar-refractivity contribution < 1.29 is 9.90 Å². The number of amides is 2. The van der Waals surface area contributed by atoms with Gasteiger partial charge in [0.05, 0.1) is 0 Å². The van der Waals surface area contributed by atoms with Crippen molar-refractivity contribution in [2.24, 2.45) is 5.41 Å². The zero-order valence-corrected chi connectivity index (χ0v) is 13.4. The van der Waals surface area contributed by atoms with Gasteiger partial charge in [-0.25, -0.2) is 4.79 Å². The highest BCUT2D eigenvalue weighted by molar-refractivity contribution is 5.89. The molecule has 2 N–H and O–H groups in total. The fraction of sp³-hybridized carbons (Fsp3) is 0.611. The summed E-state index contributed by atoms with van der Waals surface area (Å²) >= 11 is 0. The van der Waals surface area contributed by atoms with Crippen LogP contribution in [0.5, 0.6) is 0 Å². The highest BCUT2D eigenvalue weighted by Crippen LogP contribution is 2.34. The maximum absolute atomic E-state index is 12.4. The van der Waals surface area contributed by atoms with Gasteiger partial charge in [-0.05, 0) is 67.2 Å². The Morgan fingerprint density at radius 1 is 1.27 bits per heavy atom. The lowest BCUT2D eigenvalue weighted by atomic mass is 9.77. The summed E-state index contributed by atoms with van der Waals surface area (Å²) in [4.78, 5) is 14.3. The lowest BCUT2D eigenvalue weighted by Crippen LogP contribution is -2.46. The first-order chi connectivity index (χ1) is 10.7. The second kappa shape index (κ2) is 6.29. The van der Waals surface area contributed by atoms with Crippen LogP contribution in [0.25, 0.3) is 0 Å². The van der Waals surface area contributed by atoms with Gasteiger partial charge in [0.1, 0.15) is 0 Å². The summed E-state index contributed by atoms with van der Waals surface area (Å²) < 4.78 is 0. The van der Waals surface area contributed by atoms with E-state index >= 15 is 0 Å². The molecule has 0 aromatic heterocycles. The number of carbonyl (C=O) groups excluding carboxylic acids is 1. The lowest BCUT2D eigenvalue weighted by Gasteiger charge is -2.40. The van der Waals surface area contributed by atoms with E-state index in [0.717, 1.165) is 50.9 Å². The topological polar surface area (TPSA) is 52.6 Å². The molecule has 1 aliphatic heterocycles. The Morgan fingerprint density at radius 3 is 2.68 bits per heavy atom. The van der Waals surface area contributed by atoms with Crippen molar-refractivity contribution in [3.05, 3.63) is 29.3 Å². The van der Waals surface area contributed by atoms with Gasteiger partial charge in [0.25, 0.3) is 0 Å². The second-order valence-corrected chi connectivity index (χ2v) is 6.77. The van der Waals surface area contributed by atoms with Crippen LogP contribution >= 0.6 is 0 Å². The Balaban J connectivity index is 1.59. The molecular formula is C18H26N2O2. The molecule has 120 valence electrons. The van der Waals surface area contributed by atoms with Crippen LogP contribution in [0.2, 0.25) is 0 Å². The van der Waals surface area contributed by atoms with Gasteiger partial charge in [0.2, 0.25) is 0 Å². The van der Waals surface area contributed by atoms with Crippen LogP contribution in [-0.2, 0) is 12.8 Å². The van der Waals surface area contributed by atoms with Crippen LogP contribution in [0.4, 0.5) is 10.5 Å². The summed E-state index contributed by atoms with van der Waals surface area (Å²) in [6, 6.07) is 6.26. The smallest absolute Gasteiger partial charge is 0.321 e. The van der Waals surface area contributed by atoms with Gasteiger partial charge in [-0.15, -0.1) is 0 Å². The van der Waals surface area contributed by atoms with E-state index in [1.165, 1.54) is 17.5 Å². The zero-order valence-electron chi connectivity index (χ0n) is 13.4. The first-order valence-corrected chi connectivity index (χ1v) is 8.44. The molecule has 0 atom stereocenters. The molecule has 0 saturated carbocycles. The van der Waals surface area contributed by atoms with Gasteiger partial charge in [-0.3, -0.25) is 0 Å². The minimum atomic E-state index is -0.0133. The van der Waals surface area contributed by atoms with Gasteiger partial charge in [0, 0.05) is 25.4 Å². The molecule has 1 heterocycles. The molecule has 0 radical (unpaired) electrons. The fourth-order valence-corrected chi connectivity index (χ4v) is 3.66. The minimum Gasteiger partial charge on any atom is -0.396 e. The monoisotopic (exact) mass is 302 g/mol. The number of hydrogen-bond acceptors (Lipinski definition) is 2. The summed E-state index contributed by atoms with van der Waals surface area (Å²) in [5.74, 6) is 0. The van der Waals surface area contributed by atoms with Gasteiger partial charge in [-0.2, -0.15) is 0 Å². The Hall–Kier alpha value is -1.55. The molecule has 1 aromatic carbocycles. The highest BCUT2D eigenvalue weighted by Gasteiger charge is 2.33. The standard InChI is InChI=1S/C18H26N2O2/c1-2-18(13-21)8-10-20(11-9-18)17(22)19-16-7-6-14-4-3-5-15(14)12-16/h6-7,12,21H,2-5,8-11,13H2,1H3,(H,19,22). The predicted molar refractivity (Wildman–Crippen MR) is 88.1 cm³/mol. The number of nitrogens with zero attached hydrogens (tertiary/aromatic N) is 1. The van der Waals surface area contributed by atoms with Crippen molar-refractivity contribution in [3.8, 4) is 0 Å². The molecule has 22 heavy (non-hydrogen) atoms. The number of nitrogens with one attached hydrogen (secondary N) is 1. The molecule has 3 rings (SSSR count). The molecule has 0 unspecified atom stereocenters. The Bertz CT molecular complexity index is 542. The Kier molecular flexibility index (Phi) is 4.39. The minimum absolute atomic E-state index is 0.0133. The number of aliphatic hydroxyl groups is 1. The average Bonchev–Trinajstić information content (AvgIpc) is 3.02. The van der Waals surface area contributed by atoms with Crippen molar-refractivity contribution in [2.75, 3.05) is 25.0 Å². The maximum atomic E-state index is 12.4. The van der Waals surface area contributed by atoms with Gasteiger partial charge in [-0.1, -0.05) is 13.0 Å². The number of rotatable bonds is 3. The number of urea groups is 1. The van der Waals surface area contributed by atoms with E-state index in [0.29, 0.717) is 0 Å². The number of likely N-dealkylation sites (tertiary alicyclic amines) is 1. The molecule has 1 saturated heterocycles. The molecule has 4 heteroatoms. The number of aliphatic hydroxyl groups excluding tert-OH is 1. The van der Waals surface area contributed by atoms with E-state index in [9.17, 15) is 9.90 Å². The summed E-state index contributed by atoms with van der Waals surface area (Å²) in [5, 5.41) is 12.6. The van der Waals surface area contributed by atoms with E-state index in [2.05, 4.69) is 24.4 Å². The molecule has 1 aliphatic carbocycles. The Labute approximate surface area is 132 Å². The molecule has 2 amide bonds. The summed E-state index contributed by atoms with van der Waals surface area (Å²) in [6.07, 6.45) is 6.26. The number of fused-ring (bicyclic) bond motifs is 1. The molecule has 0 bridgehead atoms. The van der Waals surface area contributed by atoms with E-state index < -0.39 is 0 Å². The maximum Gasteiger partial charge on any atom is 0.321 e. The number of aryl methyl sites for hydroxylation is 2. The summed E-state index contributed by atoms with van der Waals surface area (Å²) in [7, 11) is 0. The molecule has 0 spiro atoms. The predicted octanol–water partition coefficient (Wildman–Crippen LogP) is 3.19. The highest BCUT2D eigenvalue weighted by atomic mass is 16.3. The van der Waals surface area contributed by atoms with Crippen LogP contribution < -0.4 is 5.32 Å². The average molecular weight is 302 g/mol. The van der Waals surface area contributed by atoms with Gasteiger partial charge < -0.3 is 15.3 Å². The van der Waals surface area contributed by atoms with Crippen LogP contribution in [-0.4, -0.2) is 35.7 Å². The first kappa shape index (κ1) is 15.3. The molecule has 1 aromatic rings. The number of piperidine rings is 1. The molecular weight excluding hydrogens is 276 g/mol.